The van der Waals surface area contributed by atoms with E-state index in [9.17, 15) is 14.0 Å². The minimum absolute atomic E-state index is 0.00537. The molecule has 0 bridgehead atoms. The van der Waals surface area contributed by atoms with Crippen molar-refractivity contribution in [2.45, 2.75) is 45.7 Å². The lowest BCUT2D eigenvalue weighted by atomic mass is 9.79. The Bertz CT molecular complexity index is 991. The van der Waals surface area contributed by atoms with E-state index in [0.29, 0.717) is 23.1 Å². The molecule has 1 saturated carbocycles. The van der Waals surface area contributed by atoms with Crippen molar-refractivity contribution >= 4 is 23.5 Å². The topological polar surface area (TPSA) is 101 Å². The third-order valence-corrected chi connectivity index (χ3v) is 5.86. The predicted octanol–water partition coefficient (Wildman–Crippen LogP) is 2.96. The number of hydrogen-bond donors (Lipinski definition) is 2. The molecule has 4 rings (SSSR count). The summed E-state index contributed by atoms with van der Waals surface area (Å²) < 4.78 is 14.6. The summed E-state index contributed by atoms with van der Waals surface area (Å²) in [6, 6.07) is 4.14. The van der Waals surface area contributed by atoms with Crippen molar-refractivity contribution in [3.05, 3.63) is 47.0 Å². The van der Waals surface area contributed by atoms with Crippen LogP contribution in [-0.4, -0.2) is 27.8 Å². The van der Waals surface area contributed by atoms with Crippen molar-refractivity contribution in [2.24, 2.45) is 17.6 Å². The molecule has 3 N–H and O–H groups in total. The Morgan fingerprint density at radius 3 is 2.62 bits per heavy atom. The van der Waals surface area contributed by atoms with Crippen molar-refractivity contribution < 1.29 is 14.0 Å². The van der Waals surface area contributed by atoms with Crippen molar-refractivity contribution in [1.82, 2.24) is 9.97 Å². The van der Waals surface area contributed by atoms with Gasteiger partial charge in [0.05, 0.1) is 17.3 Å². The summed E-state index contributed by atoms with van der Waals surface area (Å²) in [4.78, 5) is 34.7. The van der Waals surface area contributed by atoms with Gasteiger partial charge in [-0.25, -0.2) is 14.4 Å². The number of nitrogens with two attached hydrogens (primary N) is 1. The smallest absolute Gasteiger partial charge is 0.251 e. The summed E-state index contributed by atoms with van der Waals surface area (Å²) in [5.74, 6) is -0.910. The van der Waals surface area contributed by atoms with Gasteiger partial charge in [-0.15, -0.1) is 0 Å². The number of benzene rings is 1. The summed E-state index contributed by atoms with van der Waals surface area (Å²) in [7, 11) is 0. The van der Waals surface area contributed by atoms with Gasteiger partial charge in [-0.2, -0.15) is 0 Å². The van der Waals surface area contributed by atoms with Gasteiger partial charge in [-0.3, -0.25) is 9.59 Å². The average Bonchev–Trinajstić information content (AvgIpc) is 3.47. The Kier molecular flexibility index (Phi) is 4.72. The molecule has 1 aliphatic heterocycles. The van der Waals surface area contributed by atoms with Crippen LogP contribution in [0.1, 0.15) is 54.3 Å². The molecule has 1 aromatic heterocycles. The van der Waals surface area contributed by atoms with Gasteiger partial charge in [-0.05, 0) is 49.4 Å². The van der Waals surface area contributed by atoms with Crippen LogP contribution >= 0.6 is 0 Å². The standard InChI is InChI=1S/C21H24FN5O2/c1-10-6-7-24-21(25-10)26-18-11(2)19(13-4-5-13)27(12(3)28)17-9-16(22)14(20(23)29)8-15(17)18/h6-9,11,13,18-19H,4-5H2,1-3H3,(H2,23,29)(H,24,25,26). The highest BCUT2D eigenvalue weighted by molar-refractivity contribution is 5.97. The van der Waals surface area contributed by atoms with E-state index in [2.05, 4.69) is 22.2 Å². The zero-order valence-corrected chi connectivity index (χ0v) is 16.6. The first-order valence-electron chi connectivity index (χ1n) is 9.77. The summed E-state index contributed by atoms with van der Waals surface area (Å²) in [5, 5.41) is 3.35. The number of aromatic nitrogens is 2. The first-order chi connectivity index (χ1) is 13.8. The van der Waals surface area contributed by atoms with Crippen molar-refractivity contribution in [3.63, 3.8) is 0 Å². The van der Waals surface area contributed by atoms with E-state index in [0.717, 1.165) is 18.5 Å². The molecule has 7 nitrogen and oxygen atoms in total. The number of fused-ring (bicyclic) bond motifs is 1. The monoisotopic (exact) mass is 397 g/mol. The highest BCUT2D eigenvalue weighted by Gasteiger charge is 2.48. The molecule has 0 saturated heterocycles. The minimum Gasteiger partial charge on any atom is -0.366 e. The maximum absolute atomic E-state index is 14.6. The summed E-state index contributed by atoms with van der Waals surface area (Å²) >= 11 is 0. The maximum Gasteiger partial charge on any atom is 0.251 e. The number of anilines is 2. The van der Waals surface area contributed by atoms with Crippen molar-refractivity contribution in [2.75, 3.05) is 10.2 Å². The van der Waals surface area contributed by atoms with Crippen LogP contribution in [0.25, 0.3) is 0 Å². The second-order valence-corrected chi connectivity index (χ2v) is 7.97. The SMILES string of the molecule is CC(=O)N1c2cc(F)c(C(N)=O)cc2C(Nc2nccc(C)n2)C(C)C1C1CC1. The van der Waals surface area contributed by atoms with Crippen LogP contribution in [0.3, 0.4) is 0 Å². The van der Waals surface area contributed by atoms with E-state index >= 15 is 0 Å². The first kappa shape index (κ1) is 19.3. The number of halogens is 1. The molecule has 1 aliphatic carbocycles. The molecule has 2 aliphatic rings. The van der Waals surface area contributed by atoms with Crippen LogP contribution in [-0.2, 0) is 4.79 Å². The number of nitrogens with one attached hydrogen (secondary N) is 1. The van der Waals surface area contributed by atoms with Gasteiger partial charge in [0.1, 0.15) is 5.82 Å². The van der Waals surface area contributed by atoms with E-state index in [1.807, 2.05) is 6.92 Å². The summed E-state index contributed by atoms with van der Waals surface area (Å²) in [5.41, 5.74) is 7.11. The number of carbonyl (C=O) groups is 2. The number of primary amides is 1. The Hall–Kier alpha value is -3.03. The van der Waals surface area contributed by atoms with Gasteiger partial charge in [0.2, 0.25) is 11.9 Å². The second-order valence-electron chi connectivity index (χ2n) is 7.97. The molecular weight excluding hydrogens is 373 g/mol. The lowest BCUT2D eigenvalue weighted by Crippen LogP contribution is -2.51. The molecule has 1 aromatic carbocycles. The van der Waals surface area contributed by atoms with Crippen molar-refractivity contribution in [1.29, 1.82) is 0 Å². The van der Waals surface area contributed by atoms with Crippen LogP contribution < -0.4 is 16.0 Å². The van der Waals surface area contributed by atoms with E-state index in [1.54, 1.807) is 17.2 Å². The van der Waals surface area contributed by atoms with E-state index in [4.69, 9.17) is 5.73 Å². The highest BCUT2D eigenvalue weighted by atomic mass is 19.1. The normalized spacial score (nSPS) is 23.4. The van der Waals surface area contributed by atoms with E-state index in [-0.39, 0.29) is 29.5 Å². The Morgan fingerprint density at radius 1 is 1.31 bits per heavy atom. The lowest BCUT2D eigenvalue weighted by Gasteiger charge is -2.45. The fourth-order valence-corrected chi connectivity index (χ4v) is 4.43. The number of carbonyl (C=O) groups excluding carboxylic acids is 2. The molecule has 8 heteroatoms. The molecular formula is C21H24FN5O2. The molecule has 0 spiro atoms. The number of amides is 2. The van der Waals surface area contributed by atoms with E-state index in [1.165, 1.54) is 19.1 Å². The van der Waals surface area contributed by atoms with Crippen LogP contribution in [0.4, 0.5) is 16.0 Å². The maximum atomic E-state index is 14.6. The average molecular weight is 397 g/mol. The molecule has 3 atom stereocenters. The quantitative estimate of drug-likeness (QED) is 0.826. The molecule has 3 unspecified atom stereocenters. The van der Waals surface area contributed by atoms with Crippen molar-refractivity contribution in [3.8, 4) is 0 Å². The third kappa shape index (κ3) is 3.43. The van der Waals surface area contributed by atoms with Gasteiger partial charge < -0.3 is 16.0 Å². The Labute approximate surface area is 168 Å². The van der Waals surface area contributed by atoms with Gasteiger partial charge >= 0.3 is 0 Å². The molecule has 0 radical (unpaired) electrons. The zero-order valence-electron chi connectivity index (χ0n) is 16.6. The molecule has 29 heavy (non-hydrogen) atoms. The highest BCUT2D eigenvalue weighted by Crippen LogP contribution is 2.50. The number of rotatable bonds is 4. The fraction of sp³-hybridized carbons (Fsp3) is 0.429. The van der Waals surface area contributed by atoms with Crippen LogP contribution in [0.5, 0.6) is 0 Å². The largest absolute Gasteiger partial charge is 0.366 e. The molecule has 1 fully saturated rings. The minimum atomic E-state index is -0.845. The molecule has 2 amide bonds. The Morgan fingerprint density at radius 2 is 2.03 bits per heavy atom. The Balaban J connectivity index is 1.87. The molecule has 2 heterocycles. The summed E-state index contributed by atoms with van der Waals surface area (Å²) in [6.07, 6.45) is 3.73. The summed E-state index contributed by atoms with van der Waals surface area (Å²) in [6.45, 7) is 5.42. The number of hydrogen-bond acceptors (Lipinski definition) is 5. The van der Waals surface area contributed by atoms with Crippen LogP contribution in [0, 0.1) is 24.6 Å². The van der Waals surface area contributed by atoms with E-state index < -0.39 is 11.7 Å². The zero-order chi connectivity index (χ0) is 20.9. The predicted molar refractivity (Wildman–Crippen MR) is 107 cm³/mol. The molecule has 152 valence electrons. The second kappa shape index (κ2) is 7.09. The van der Waals surface area contributed by atoms with Crippen LogP contribution in [0.2, 0.25) is 0 Å². The van der Waals surface area contributed by atoms with Gasteiger partial charge in [0, 0.05) is 30.8 Å². The van der Waals surface area contributed by atoms with Gasteiger partial charge in [0.25, 0.3) is 5.91 Å². The van der Waals surface area contributed by atoms with Gasteiger partial charge in [0.15, 0.2) is 0 Å². The lowest BCUT2D eigenvalue weighted by molar-refractivity contribution is -0.117. The van der Waals surface area contributed by atoms with Gasteiger partial charge in [-0.1, -0.05) is 6.92 Å². The number of nitrogens with zero attached hydrogens (tertiary/aromatic N) is 3. The third-order valence-electron chi connectivity index (χ3n) is 5.86. The fourth-order valence-electron chi connectivity index (χ4n) is 4.43. The first-order valence-corrected chi connectivity index (χ1v) is 9.77. The van der Waals surface area contributed by atoms with Crippen LogP contribution in [0.15, 0.2) is 24.4 Å². The number of aryl methyl sites for hydroxylation is 1. The molecule has 2 aromatic rings.